The Kier molecular flexibility index (Phi) is 3.48. The maximum atomic E-state index is 11.2. The predicted molar refractivity (Wildman–Crippen MR) is 49.8 cm³/mol. The van der Waals surface area contributed by atoms with Crippen molar-refractivity contribution in [3.8, 4) is 0 Å². The van der Waals surface area contributed by atoms with Crippen LogP contribution in [0.15, 0.2) is 10.8 Å². The Morgan fingerprint density at radius 1 is 1.85 bits per heavy atom. The van der Waals surface area contributed by atoms with Gasteiger partial charge in [-0.1, -0.05) is 22.9 Å². The second kappa shape index (κ2) is 4.41. The van der Waals surface area contributed by atoms with E-state index in [1.54, 1.807) is 0 Å². The summed E-state index contributed by atoms with van der Waals surface area (Å²) in [5, 5.41) is 0. The standard InChI is InChI=1S/C8H10BrNO3/c1-3-5(9)7-6(8(11)12-2)10-4-13-7/h4-5H,3H2,1-2H3. The number of aromatic nitrogens is 1. The number of carbonyl (C=O) groups excluding carboxylic acids is 1. The van der Waals surface area contributed by atoms with Gasteiger partial charge in [0.15, 0.2) is 17.8 Å². The van der Waals surface area contributed by atoms with Crippen molar-refractivity contribution in [3.05, 3.63) is 17.8 Å². The van der Waals surface area contributed by atoms with E-state index in [4.69, 9.17) is 4.42 Å². The molecule has 0 N–H and O–H groups in total. The predicted octanol–water partition coefficient (Wildman–Crippen LogP) is 2.31. The Labute approximate surface area is 84.4 Å². The molecule has 0 bridgehead atoms. The van der Waals surface area contributed by atoms with Crippen LogP contribution >= 0.6 is 15.9 Å². The van der Waals surface area contributed by atoms with Gasteiger partial charge < -0.3 is 9.15 Å². The van der Waals surface area contributed by atoms with E-state index < -0.39 is 5.97 Å². The maximum Gasteiger partial charge on any atom is 0.360 e. The van der Waals surface area contributed by atoms with Crippen molar-refractivity contribution in [3.63, 3.8) is 0 Å². The second-order valence-corrected chi connectivity index (χ2v) is 3.54. The minimum absolute atomic E-state index is 0.00380. The molecule has 1 aromatic rings. The summed E-state index contributed by atoms with van der Waals surface area (Å²) in [5.74, 6) is 0.0519. The number of carbonyl (C=O) groups is 1. The number of methoxy groups -OCH3 is 1. The summed E-state index contributed by atoms with van der Waals surface area (Å²) in [4.78, 5) is 14.9. The van der Waals surface area contributed by atoms with Gasteiger partial charge in [0.1, 0.15) is 0 Å². The third-order valence-corrected chi connectivity index (χ3v) is 2.68. The first kappa shape index (κ1) is 10.2. The fourth-order valence-electron chi connectivity index (χ4n) is 0.913. The van der Waals surface area contributed by atoms with Gasteiger partial charge in [0.25, 0.3) is 0 Å². The van der Waals surface area contributed by atoms with Gasteiger partial charge in [-0.3, -0.25) is 0 Å². The molecule has 0 amide bonds. The number of halogens is 1. The van der Waals surface area contributed by atoms with Gasteiger partial charge in [0.2, 0.25) is 0 Å². The first-order chi connectivity index (χ1) is 6.20. The maximum absolute atomic E-state index is 11.2. The Bertz CT molecular complexity index is 297. The van der Waals surface area contributed by atoms with Crippen LogP contribution in [-0.4, -0.2) is 18.1 Å². The van der Waals surface area contributed by atoms with E-state index >= 15 is 0 Å². The molecule has 0 saturated carbocycles. The normalized spacial score (nSPS) is 12.5. The number of alkyl halides is 1. The first-order valence-electron chi connectivity index (χ1n) is 3.86. The third-order valence-electron chi connectivity index (χ3n) is 1.62. The zero-order valence-electron chi connectivity index (χ0n) is 7.41. The Morgan fingerprint density at radius 3 is 3.08 bits per heavy atom. The van der Waals surface area contributed by atoms with Crippen LogP contribution in [0.25, 0.3) is 0 Å². The van der Waals surface area contributed by atoms with Crippen molar-refractivity contribution in [1.82, 2.24) is 4.98 Å². The monoisotopic (exact) mass is 247 g/mol. The molecule has 1 heterocycles. The lowest BCUT2D eigenvalue weighted by molar-refractivity contribution is 0.0592. The highest BCUT2D eigenvalue weighted by atomic mass is 79.9. The molecule has 0 aliphatic rings. The lowest BCUT2D eigenvalue weighted by Crippen LogP contribution is -2.05. The van der Waals surface area contributed by atoms with Crippen LogP contribution in [0.1, 0.15) is 34.4 Å². The summed E-state index contributed by atoms with van der Waals surface area (Å²) in [6.45, 7) is 1.98. The minimum Gasteiger partial charge on any atom is -0.464 e. The van der Waals surface area contributed by atoms with E-state index in [9.17, 15) is 4.79 Å². The fraction of sp³-hybridized carbons (Fsp3) is 0.500. The summed E-state index contributed by atoms with van der Waals surface area (Å²) >= 11 is 3.37. The fourth-order valence-corrected chi connectivity index (χ4v) is 1.24. The van der Waals surface area contributed by atoms with E-state index in [1.807, 2.05) is 6.92 Å². The molecule has 0 aliphatic carbocycles. The van der Waals surface area contributed by atoms with Crippen molar-refractivity contribution in [2.45, 2.75) is 18.2 Å². The lowest BCUT2D eigenvalue weighted by Gasteiger charge is -2.03. The van der Waals surface area contributed by atoms with Crippen molar-refractivity contribution in [2.24, 2.45) is 0 Å². The highest BCUT2D eigenvalue weighted by Gasteiger charge is 2.21. The number of rotatable bonds is 3. The zero-order valence-corrected chi connectivity index (χ0v) is 9.00. The summed E-state index contributed by atoms with van der Waals surface area (Å²) in [6.07, 6.45) is 2.06. The Balaban J connectivity index is 2.95. The highest BCUT2D eigenvalue weighted by molar-refractivity contribution is 9.09. The molecule has 0 radical (unpaired) electrons. The van der Waals surface area contributed by atoms with Crippen LogP contribution in [0.5, 0.6) is 0 Å². The number of hydrogen-bond acceptors (Lipinski definition) is 4. The van der Waals surface area contributed by atoms with Crippen LogP contribution in [0.4, 0.5) is 0 Å². The smallest absolute Gasteiger partial charge is 0.360 e. The van der Waals surface area contributed by atoms with Crippen LogP contribution in [0.3, 0.4) is 0 Å². The number of nitrogens with zero attached hydrogens (tertiary/aromatic N) is 1. The molecule has 1 aromatic heterocycles. The molecular formula is C8H10BrNO3. The number of ether oxygens (including phenoxy) is 1. The van der Waals surface area contributed by atoms with E-state index in [0.29, 0.717) is 5.76 Å². The number of oxazole rings is 1. The van der Waals surface area contributed by atoms with Crippen LogP contribution in [-0.2, 0) is 4.74 Å². The van der Waals surface area contributed by atoms with Crippen LogP contribution in [0.2, 0.25) is 0 Å². The molecule has 4 nitrogen and oxygen atoms in total. The van der Waals surface area contributed by atoms with E-state index in [1.165, 1.54) is 13.5 Å². The van der Waals surface area contributed by atoms with Gasteiger partial charge in [0.05, 0.1) is 11.9 Å². The Hall–Kier alpha value is -0.840. The van der Waals surface area contributed by atoms with Gasteiger partial charge in [-0.05, 0) is 6.42 Å². The van der Waals surface area contributed by atoms with Gasteiger partial charge in [0, 0.05) is 0 Å². The summed E-state index contributed by atoms with van der Waals surface area (Å²) in [6, 6.07) is 0. The lowest BCUT2D eigenvalue weighted by atomic mass is 10.2. The summed E-state index contributed by atoms with van der Waals surface area (Å²) in [5.41, 5.74) is 0.242. The van der Waals surface area contributed by atoms with Crippen molar-refractivity contribution >= 4 is 21.9 Å². The summed E-state index contributed by atoms with van der Waals surface area (Å²) < 4.78 is 9.63. The van der Waals surface area contributed by atoms with Gasteiger partial charge in [-0.15, -0.1) is 0 Å². The Morgan fingerprint density at radius 2 is 2.54 bits per heavy atom. The van der Waals surface area contributed by atoms with Crippen molar-refractivity contribution < 1.29 is 13.9 Å². The molecule has 0 aromatic carbocycles. The van der Waals surface area contributed by atoms with Gasteiger partial charge in [-0.25, -0.2) is 9.78 Å². The molecule has 72 valence electrons. The molecular weight excluding hydrogens is 238 g/mol. The minimum atomic E-state index is -0.471. The van der Waals surface area contributed by atoms with E-state index in [2.05, 4.69) is 25.7 Å². The van der Waals surface area contributed by atoms with E-state index in [0.717, 1.165) is 6.42 Å². The second-order valence-electron chi connectivity index (χ2n) is 2.43. The highest BCUT2D eigenvalue weighted by Crippen LogP contribution is 2.28. The summed E-state index contributed by atoms with van der Waals surface area (Å²) in [7, 11) is 1.32. The molecule has 0 saturated heterocycles. The zero-order chi connectivity index (χ0) is 9.84. The number of esters is 1. The SMILES string of the molecule is CCC(Br)c1ocnc1C(=O)OC. The average molecular weight is 248 g/mol. The van der Waals surface area contributed by atoms with E-state index in [-0.39, 0.29) is 10.5 Å². The molecule has 1 atom stereocenters. The molecule has 0 aliphatic heterocycles. The molecule has 1 rings (SSSR count). The van der Waals surface area contributed by atoms with Crippen molar-refractivity contribution in [1.29, 1.82) is 0 Å². The number of hydrogen-bond donors (Lipinski definition) is 0. The third kappa shape index (κ3) is 2.09. The first-order valence-corrected chi connectivity index (χ1v) is 4.78. The largest absolute Gasteiger partial charge is 0.464 e. The molecule has 1 unspecified atom stereocenters. The molecule has 0 spiro atoms. The van der Waals surface area contributed by atoms with Crippen molar-refractivity contribution in [2.75, 3.05) is 7.11 Å². The topological polar surface area (TPSA) is 52.3 Å². The van der Waals surface area contributed by atoms with Gasteiger partial charge in [-0.2, -0.15) is 0 Å². The average Bonchev–Trinajstić information content (AvgIpc) is 2.63. The van der Waals surface area contributed by atoms with Crippen LogP contribution in [0, 0.1) is 0 Å². The van der Waals surface area contributed by atoms with Crippen LogP contribution < -0.4 is 0 Å². The molecule has 5 heteroatoms. The quantitative estimate of drug-likeness (QED) is 0.608. The molecule has 13 heavy (non-hydrogen) atoms. The van der Waals surface area contributed by atoms with Gasteiger partial charge >= 0.3 is 5.97 Å². The molecule has 0 fully saturated rings.